The molecule has 49 heavy (non-hydrogen) atoms. The number of ether oxygens (including phenoxy) is 6. The molecule has 1 aliphatic rings. The van der Waals surface area contributed by atoms with Gasteiger partial charge in [-0.25, -0.2) is 4.79 Å². The van der Waals surface area contributed by atoms with Crippen molar-refractivity contribution in [1.82, 2.24) is 4.90 Å². The van der Waals surface area contributed by atoms with E-state index in [9.17, 15) is 9.59 Å². The van der Waals surface area contributed by atoms with Crippen molar-refractivity contribution in [2.75, 3.05) is 51.9 Å². The molecule has 0 radical (unpaired) electrons. The molecule has 0 aliphatic carbocycles. The van der Waals surface area contributed by atoms with Crippen LogP contribution in [0.4, 0.5) is 10.5 Å². The number of para-hydroxylation sites is 1. The number of nitrogens with one attached hydrogen (secondary N) is 1. The number of benzene rings is 3. The molecule has 4 rings (SSSR count). The van der Waals surface area contributed by atoms with Crippen LogP contribution in [-0.4, -0.2) is 75.2 Å². The second-order valence-electron chi connectivity index (χ2n) is 13.0. The summed E-state index contributed by atoms with van der Waals surface area (Å²) in [5.41, 5.74) is 3.18. The summed E-state index contributed by atoms with van der Waals surface area (Å²) in [6.07, 6.45) is 1.17. The normalized spacial score (nSPS) is 16.2. The average molecular weight is 677 g/mol. The van der Waals surface area contributed by atoms with Crippen molar-refractivity contribution >= 4 is 17.7 Å². The minimum atomic E-state index is -0.588. The molecule has 10 nitrogen and oxygen atoms in total. The zero-order valence-electron chi connectivity index (χ0n) is 29.6. The predicted octanol–water partition coefficient (Wildman–Crippen LogP) is 7.36. The first-order valence-electron chi connectivity index (χ1n) is 17.1. The van der Waals surface area contributed by atoms with Gasteiger partial charge in [-0.3, -0.25) is 4.79 Å². The fourth-order valence-electron chi connectivity index (χ4n) is 5.60. The van der Waals surface area contributed by atoms with Gasteiger partial charge in [0, 0.05) is 36.7 Å². The van der Waals surface area contributed by atoms with E-state index in [2.05, 4.69) is 17.4 Å². The number of anilines is 1. The minimum Gasteiger partial charge on any atom is -0.496 e. The van der Waals surface area contributed by atoms with E-state index >= 15 is 0 Å². The molecule has 3 aromatic rings. The number of likely N-dealkylation sites (tertiary alicyclic amines) is 1. The Kier molecular flexibility index (Phi) is 14.7. The molecule has 2 unspecified atom stereocenters. The fraction of sp³-hybridized carbons (Fsp3) is 0.487. The highest BCUT2D eigenvalue weighted by molar-refractivity contribution is 5.90. The number of hydrogen-bond acceptors (Lipinski definition) is 8. The third-order valence-electron chi connectivity index (χ3n) is 8.02. The maximum absolute atomic E-state index is 13.0. The van der Waals surface area contributed by atoms with Crippen LogP contribution >= 0.6 is 0 Å². The van der Waals surface area contributed by atoms with Gasteiger partial charge in [0.1, 0.15) is 17.1 Å². The Hall–Kier alpha value is -4.12. The SMILES string of the molecule is CCOCCC(=O)Nc1cccc(COC2CN(C(=O)OC(C)(C)C)CCC2c2ccc(OCCCOCc3ccccc3OC)cc2)c1. The average Bonchev–Trinajstić information content (AvgIpc) is 3.09. The lowest BCUT2D eigenvalue weighted by molar-refractivity contribution is -0.117. The van der Waals surface area contributed by atoms with Crippen molar-refractivity contribution < 1.29 is 38.0 Å². The number of carbonyl (C=O) groups excluding carboxylic acids is 2. The Morgan fingerprint density at radius 3 is 2.47 bits per heavy atom. The molecule has 0 saturated carbocycles. The van der Waals surface area contributed by atoms with Crippen LogP contribution in [0.3, 0.4) is 0 Å². The Balaban J connectivity index is 1.33. The van der Waals surface area contributed by atoms with Crippen molar-refractivity contribution in [3.63, 3.8) is 0 Å². The Morgan fingerprint density at radius 2 is 1.71 bits per heavy atom. The molecule has 0 spiro atoms. The lowest BCUT2D eigenvalue weighted by atomic mass is 9.87. The predicted molar refractivity (Wildman–Crippen MR) is 189 cm³/mol. The van der Waals surface area contributed by atoms with Crippen molar-refractivity contribution in [3.05, 3.63) is 89.5 Å². The number of carbonyl (C=O) groups is 2. The summed E-state index contributed by atoms with van der Waals surface area (Å²) in [7, 11) is 1.66. The lowest BCUT2D eigenvalue weighted by Crippen LogP contribution is -2.48. The van der Waals surface area contributed by atoms with Gasteiger partial charge in [0.05, 0.1) is 59.2 Å². The first kappa shape index (κ1) is 37.7. The summed E-state index contributed by atoms with van der Waals surface area (Å²) in [6.45, 7) is 11.4. The zero-order chi connectivity index (χ0) is 35.1. The molecule has 0 aromatic heterocycles. The summed E-state index contributed by atoms with van der Waals surface area (Å²) in [4.78, 5) is 27.0. The molecular weight excluding hydrogens is 624 g/mol. The van der Waals surface area contributed by atoms with Crippen molar-refractivity contribution in [3.8, 4) is 11.5 Å². The van der Waals surface area contributed by atoms with Crippen LogP contribution in [0.2, 0.25) is 0 Å². The highest BCUT2D eigenvalue weighted by atomic mass is 16.6. The van der Waals surface area contributed by atoms with E-state index in [1.165, 1.54) is 0 Å². The maximum Gasteiger partial charge on any atom is 0.410 e. The van der Waals surface area contributed by atoms with E-state index < -0.39 is 5.60 Å². The van der Waals surface area contributed by atoms with Gasteiger partial charge in [-0.15, -0.1) is 0 Å². The van der Waals surface area contributed by atoms with Crippen LogP contribution in [0.1, 0.15) is 69.6 Å². The molecule has 266 valence electrons. The van der Waals surface area contributed by atoms with E-state index in [4.69, 9.17) is 28.4 Å². The topological polar surface area (TPSA) is 105 Å². The van der Waals surface area contributed by atoms with Crippen LogP contribution in [0.15, 0.2) is 72.8 Å². The summed E-state index contributed by atoms with van der Waals surface area (Å²) < 4.78 is 34.7. The van der Waals surface area contributed by atoms with Crippen LogP contribution in [0, 0.1) is 0 Å². The molecule has 1 N–H and O–H groups in total. The number of hydrogen-bond donors (Lipinski definition) is 1. The summed E-state index contributed by atoms with van der Waals surface area (Å²) in [6, 6.07) is 23.6. The minimum absolute atomic E-state index is 0.0672. The molecule has 3 aromatic carbocycles. The first-order chi connectivity index (χ1) is 23.6. The van der Waals surface area contributed by atoms with E-state index in [0.29, 0.717) is 64.8 Å². The van der Waals surface area contributed by atoms with E-state index in [1.807, 2.05) is 88.4 Å². The van der Waals surface area contributed by atoms with Gasteiger partial charge in [0.15, 0.2) is 0 Å². The van der Waals surface area contributed by atoms with Gasteiger partial charge in [0.25, 0.3) is 0 Å². The quantitative estimate of drug-likeness (QED) is 0.148. The molecule has 0 bridgehead atoms. The second-order valence-corrected chi connectivity index (χ2v) is 13.0. The molecule has 1 fully saturated rings. The third-order valence-corrected chi connectivity index (χ3v) is 8.02. The molecule has 1 saturated heterocycles. The molecule has 1 heterocycles. The van der Waals surface area contributed by atoms with E-state index in [-0.39, 0.29) is 24.0 Å². The van der Waals surface area contributed by atoms with Gasteiger partial charge < -0.3 is 38.6 Å². The van der Waals surface area contributed by atoms with Crippen LogP contribution in [0.25, 0.3) is 0 Å². The Labute approximate surface area is 291 Å². The number of methoxy groups -OCH3 is 1. The van der Waals surface area contributed by atoms with Crippen molar-refractivity contribution in [2.24, 2.45) is 0 Å². The summed E-state index contributed by atoms with van der Waals surface area (Å²) in [5, 5.41) is 2.93. The lowest BCUT2D eigenvalue weighted by Gasteiger charge is -2.39. The first-order valence-corrected chi connectivity index (χ1v) is 17.1. The van der Waals surface area contributed by atoms with Gasteiger partial charge in [0.2, 0.25) is 5.91 Å². The fourth-order valence-corrected chi connectivity index (χ4v) is 5.60. The maximum atomic E-state index is 13.0. The Morgan fingerprint density at radius 1 is 0.918 bits per heavy atom. The van der Waals surface area contributed by atoms with Crippen LogP contribution < -0.4 is 14.8 Å². The zero-order valence-corrected chi connectivity index (χ0v) is 29.6. The number of piperidine rings is 1. The van der Waals surface area contributed by atoms with Crippen LogP contribution in [0.5, 0.6) is 11.5 Å². The third kappa shape index (κ3) is 12.7. The smallest absolute Gasteiger partial charge is 0.410 e. The second kappa shape index (κ2) is 19.2. The largest absolute Gasteiger partial charge is 0.496 e. The van der Waals surface area contributed by atoms with Gasteiger partial charge >= 0.3 is 6.09 Å². The van der Waals surface area contributed by atoms with E-state index in [0.717, 1.165) is 41.0 Å². The standard InChI is InChI=1S/C39H52N2O8/c1-6-45-24-20-37(42)40-32-13-9-11-29(25-32)27-48-36-26-41(38(43)49-39(2,3)4)21-19-34(36)30-15-17-33(18-16-30)47-23-10-22-46-28-31-12-7-8-14-35(31)44-5/h7-9,11-18,25,34,36H,6,10,19-24,26-28H2,1-5H3,(H,40,42). The van der Waals surface area contributed by atoms with Gasteiger partial charge in [-0.2, -0.15) is 0 Å². The molecule has 2 atom stereocenters. The monoisotopic (exact) mass is 676 g/mol. The number of rotatable bonds is 17. The molecule has 2 amide bonds. The molecular formula is C39H52N2O8. The van der Waals surface area contributed by atoms with Gasteiger partial charge in [-0.1, -0.05) is 42.5 Å². The van der Waals surface area contributed by atoms with Crippen molar-refractivity contribution in [1.29, 1.82) is 0 Å². The van der Waals surface area contributed by atoms with Crippen molar-refractivity contribution in [2.45, 2.75) is 77.8 Å². The Bertz CT molecular complexity index is 1460. The van der Waals surface area contributed by atoms with Crippen LogP contribution in [-0.2, 0) is 37.0 Å². The summed E-state index contributed by atoms with van der Waals surface area (Å²) >= 11 is 0. The molecule has 1 aliphatic heterocycles. The number of amides is 2. The number of nitrogens with zero attached hydrogens (tertiary/aromatic N) is 1. The highest BCUT2D eigenvalue weighted by Crippen LogP contribution is 2.33. The molecule has 10 heteroatoms. The van der Waals surface area contributed by atoms with Gasteiger partial charge in [-0.05, 0) is 75.6 Å². The highest BCUT2D eigenvalue weighted by Gasteiger charge is 2.35. The summed E-state index contributed by atoms with van der Waals surface area (Å²) in [5.74, 6) is 1.58. The van der Waals surface area contributed by atoms with E-state index in [1.54, 1.807) is 12.0 Å².